The molecule has 0 aliphatic carbocycles. The Labute approximate surface area is 132 Å². The van der Waals surface area contributed by atoms with Crippen LogP contribution in [-0.4, -0.2) is 22.0 Å². The van der Waals surface area contributed by atoms with Crippen molar-refractivity contribution in [2.75, 3.05) is 0 Å². The van der Waals surface area contributed by atoms with Crippen LogP contribution in [0.2, 0.25) is 0 Å². The molecule has 1 aromatic carbocycles. The van der Waals surface area contributed by atoms with Crippen LogP contribution in [-0.2, 0) is 11.2 Å². The van der Waals surface area contributed by atoms with E-state index in [0.717, 1.165) is 0 Å². The third-order valence-corrected chi connectivity index (χ3v) is 3.17. The van der Waals surface area contributed by atoms with Gasteiger partial charge in [0.2, 0.25) is 0 Å². The molecular formula is C17H12N2O4. The van der Waals surface area contributed by atoms with E-state index in [9.17, 15) is 14.7 Å². The summed E-state index contributed by atoms with van der Waals surface area (Å²) in [6.07, 6.45) is 1.03. The number of carbonyl (C=O) groups is 2. The first kappa shape index (κ1) is 15.9. The van der Waals surface area contributed by atoms with E-state index in [4.69, 9.17) is 11.1 Å². The number of rotatable bonds is 6. The summed E-state index contributed by atoms with van der Waals surface area (Å²) in [6, 6.07) is 6.25. The molecule has 114 valence electrons. The van der Waals surface area contributed by atoms with Crippen molar-refractivity contribution in [1.82, 2.24) is 5.16 Å². The maximum absolute atomic E-state index is 11.9. The summed E-state index contributed by atoms with van der Waals surface area (Å²) in [6.45, 7) is 13.9. The SMILES string of the molecule is [C-]#[N+]c1ccc(-c2noc(CC(=O)C(=C)C=C)c2C(=O)O)cc1. The lowest BCUT2D eigenvalue weighted by Crippen LogP contribution is -2.08. The van der Waals surface area contributed by atoms with Crippen molar-refractivity contribution in [3.8, 4) is 11.3 Å². The summed E-state index contributed by atoms with van der Waals surface area (Å²) in [5, 5.41) is 13.2. The van der Waals surface area contributed by atoms with E-state index >= 15 is 0 Å². The lowest BCUT2D eigenvalue weighted by Gasteiger charge is -2.00. The number of hydrogen-bond donors (Lipinski definition) is 1. The zero-order chi connectivity index (χ0) is 17.0. The molecule has 0 aliphatic heterocycles. The Morgan fingerprint density at radius 3 is 2.52 bits per heavy atom. The number of carbonyl (C=O) groups excluding carboxylic acids is 1. The minimum Gasteiger partial charge on any atom is -0.477 e. The van der Waals surface area contributed by atoms with Gasteiger partial charge < -0.3 is 9.63 Å². The van der Waals surface area contributed by atoms with Gasteiger partial charge in [-0.2, -0.15) is 0 Å². The number of aromatic nitrogens is 1. The van der Waals surface area contributed by atoms with Crippen molar-refractivity contribution in [3.63, 3.8) is 0 Å². The Hall–Kier alpha value is -3.46. The van der Waals surface area contributed by atoms with Gasteiger partial charge >= 0.3 is 5.97 Å². The largest absolute Gasteiger partial charge is 0.477 e. The summed E-state index contributed by atoms with van der Waals surface area (Å²) in [7, 11) is 0. The molecule has 23 heavy (non-hydrogen) atoms. The predicted molar refractivity (Wildman–Crippen MR) is 83.2 cm³/mol. The van der Waals surface area contributed by atoms with Crippen LogP contribution in [0.15, 0.2) is 53.6 Å². The number of aromatic carboxylic acids is 1. The van der Waals surface area contributed by atoms with Crippen LogP contribution in [0.1, 0.15) is 16.1 Å². The van der Waals surface area contributed by atoms with Gasteiger partial charge in [-0.1, -0.05) is 48.7 Å². The maximum Gasteiger partial charge on any atom is 0.341 e. The number of carboxylic acid groups (broad SMARTS) is 1. The highest BCUT2D eigenvalue weighted by Gasteiger charge is 2.25. The second-order valence-corrected chi connectivity index (χ2v) is 4.62. The first-order valence-electron chi connectivity index (χ1n) is 6.52. The first-order valence-corrected chi connectivity index (χ1v) is 6.52. The molecule has 0 amide bonds. The predicted octanol–water partition coefficient (Wildman–Crippen LogP) is 3.44. The van der Waals surface area contributed by atoms with E-state index in [1.165, 1.54) is 6.08 Å². The number of nitrogens with zero attached hydrogens (tertiary/aromatic N) is 2. The van der Waals surface area contributed by atoms with Gasteiger partial charge in [-0.05, 0) is 0 Å². The van der Waals surface area contributed by atoms with Gasteiger partial charge in [0, 0.05) is 11.1 Å². The maximum atomic E-state index is 11.9. The quantitative estimate of drug-likeness (QED) is 0.502. The topological polar surface area (TPSA) is 84.8 Å². The number of benzene rings is 1. The Morgan fingerprint density at radius 1 is 1.35 bits per heavy atom. The lowest BCUT2D eigenvalue weighted by molar-refractivity contribution is -0.114. The summed E-state index contributed by atoms with van der Waals surface area (Å²) < 4.78 is 5.05. The van der Waals surface area contributed by atoms with Crippen LogP contribution in [0.5, 0.6) is 0 Å². The minimum absolute atomic E-state index is 0.0465. The summed E-state index contributed by atoms with van der Waals surface area (Å²) >= 11 is 0. The molecule has 0 aliphatic rings. The molecular weight excluding hydrogens is 296 g/mol. The number of carboxylic acids is 1. The number of Topliss-reactive ketones (excluding diaryl/α,β-unsaturated/α-hetero) is 1. The molecule has 0 saturated carbocycles. The monoisotopic (exact) mass is 308 g/mol. The fraction of sp³-hybridized carbons (Fsp3) is 0.0588. The molecule has 6 heteroatoms. The van der Waals surface area contributed by atoms with Gasteiger partial charge in [-0.3, -0.25) is 4.79 Å². The molecule has 6 nitrogen and oxygen atoms in total. The highest BCUT2D eigenvalue weighted by Crippen LogP contribution is 2.28. The summed E-state index contributed by atoms with van der Waals surface area (Å²) in [4.78, 5) is 26.6. The Kier molecular flexibility index (Phi) is 4.52. The summed E-state index contributed by atoms with van der Waals surface area (Å²) in [5.74, 6) is -1.69. The fourth-order valence-electron chi connectivity index (χ4n) is 1.93. The Morgan fingerprint density at radius 2 is 2.00 bits per heavy atom. The van der Waals surface area contributed by atoms with Crippen molar-refractivity contribution in [2.24, 2.45) is 0 Å². The van der Waals surface area contributed by atoms with Crippen LogP contribution in [0, 0.1) is 6.57 Å². The highest BCUT2D eigenvalue weighted by atomic mass is 16.5. The van der Waals surface area contributed by atoms with Crippen molar-refractivity contribution in [3.05, 3.63) is 71.8 Å². The lowest BCUT2D eigenvalue weighted by atomic mass is 10.0. The zero-order valence-electron chi connectivity index (χ0n) is 12.1. The Balaban J connectivity index is 2.44. The molecule has 0 spiro atoms. The molecule has 2 aromatic rings. The molecule has 0 atom stereocenters. The van der Waals surface area contributed by atoms with Crippen molar-refractivity contribution in [2.45, 2.75) is 6.42 Å². The third kappa shape index (κ3) is 3.24. The number of ketones is 1. The number of allylic oxidation sites excluding steroid dienone is 2. The van der Waals surface area contributed by atoms with Crippen molar-refractivity contribution >= 4 is 17.4 Å². The van der Waals surface area contributed by atoms with Crippen LogP contribution < -0.4 is 0 Å². The van der Waals surface area contributed by atoms with Gasteiger partial charge in [0.15, 0.2) is 17.2 Å². The molecule has 2 rings (SSSR count). The molecule has 0 fully saturated rings. The number of hydrogen-bond acceptors (Lipinski definition) is 4. The second kappa shape index (κ2) is 6.54. The van der Waals surface area contributed by atoms with Crippen LogP contribution in [0.25, 0.3) is 16.1 Å². The van der Waals surface area contributed by atoms with E-state index in [0.29, 0.717) is 11.3 Å². The average molecular weight is 308 g/mol. The van der Waals surface area contributed by atoms with E-state index in [1.807, 2.05) is 0 Å². The van der Waals surface area contributed by atoms with Gasteiger partial charge in [0.1, 0.15) is 11.3 Å². The van der Waals surface area contributed by atoms with E-state index in [2.05, 4.69) is 23.2 Å². The fourth-order valence-corrected chi connectivity index (χ4v) is 1.93. The second-order valence-electron chi connectivity index (χ2n) is 4.62. The van der Waals surface area contributed by atoms with Crippen molar-refractivity contribution < 1.29 is 19.2 Å². The minimum atomic E-state index is -1.25. The van der Waals surface area contributed by atoms with E-state index in [-0.39, 0.29) is 29.0 Å². The standard InChI is InChI=1S/C17H12N2O4/c1-4-10(2)13(20)9-14-15(17(21)22)16(19-23-14)11-5-7-12(18-3)8-6-11/h4-8H,1-2,9H2,(H,21,22). The van der Waals surface area contributed by atoms with E-state index < -0.39 is 11.8 Å². The molecule has 1 aromatic heterocycles. The first-order chi connectivity index (χ1) is 11.0. The van der Waals surface area contributed by atoms with Gasteiger partial charge in [0.25, 0.3) is 0 Å². The van der Waals surface area contributed by atoms with Crippen LogP contribution >= 0.6 is 0 Å². The highest BCUT2D eigenvalue weighted by molar-refractivity contribution is 6.01. The summed E-state index contributed by atoms with van der Waals surface area (Å²) in [5.41, 5.74) is 1.01. The average Bonchev–Trinajstić information content (AvgIpc) is 2.97. The third-order valence-electron chi connectivity index (χ3n) is 3.17. The van der Waals surface area contributed by atoms with Gasteiger partial charge in [0.05, 0.1) is 13.0 Å². The smallest absolute Gasteiger partial charge is 0.341 e. The molecule has 1 N–H and O–H groups in total. The van der Waals surface area contributed by atoms with E-state index in [1.54, 1.807) is 24.3 Å². The van der Waals surface area contributed by atoms with Gasteiger partial charge in [-0.25, -0.2) is 9.64 Å². The molecule has 0 unspecified atom stereocenters. The van der Waals surface area contributed by atoms with Gasteiger partial charge in [-0.15, -0.1) is 0 Å². The normalized spacial score (nSPS) is 9.87. The molecule has 1 heterocycles. The molecule has 0 radical (unpaired) electrons. The zero-order valence-corrected chi connectivity index (χ0v) is 12.1. The van der Waals surface area contributed by atoms with Crippen LogP contribution in [0.3, 0.4) is 0 Å². The Bertz CT molecular complexity index is 838. The van der Waals surface area contributed by atoms with Crippen molar-refractivity contribution in [1.29, 1.82) is 0 Å². The molecule has 0 bridgehead atoms. The molecule has 0 saturated heterocycles. The van der Waals surface area contributed by atoms with Crippen LogP contribution in [0.4, 0.5) is 5.69 Å².